The van der Waals surface area contributed by atoms with Gasteiger partial charge in [-0.1, -0.05) is 13.8 Å². The molecule has 0 saturated heterocycles. The molecule has 0 aliphatic carbocycles. The summed E-state index contributed by atoms with van der Waals surface area (Å²) in [6, 6.07) is 2.46. The van der Waals surface area contributed by atoms with Crippen LogP contribution in [0.15, 0.2) is 24.5 Å². The Labute approximate surface area is 105 Å². The second-order valence-electron chi connectivity index (χ2n) is 3.82. The van der Waals surface area contributed by atoms with E-state index < -0.39 is 12.0 Å². The van der Waals surface area contributed by atoms with Gasteiger partial charge in [0, 0.05) is 18.0 Å². The zero-order chi connectivity index (χ0) is 14.1. The van der Waals surface area contributed by atoms with E-state index in [0.29, 0.717) is 5.56 Å². The molecule has 1 amide bonds. The first-order chi connectivity index (χ1) is 8.40. The number of carbonyl (C=O) groups is 2. The van der Waals surface area contributed by atoms with E-state index in [2.05, 4.69) is 4.98 Å². The fourth-order valence-electron chi connectivity index (χ4n) is 0.872. The molecule has 0 unspecified atom stereocenters. The van der Waals surface area contributed by atoms with Gasteiger partial charge in [-0.15, -0.1) is 0 Å². The van der Waals surface area contributed by atoms with Crippen LogP contribution < -0.4 is 17.0 Å². The minimum absolute atomic E-state index is 0.0208. The van der Waals surface area contributed by atoms with Crippen molar-refractivity contribution in [2.24, 2.45) is 17.5 Å². The number of nitrogen functional groups attached to an aromatic ring is 1. The van der Waals surface area contributed by atoms with Gasteiger partial charge >= 0.3 is 5.97 Å². The molecular formula is C11H18N4O3. The maximum Gasteiger partial charge on any atom is 0.320 e. The minimum Gasteiger partial charge on any atom is -0.480 e. The number of nitrogens with zero attached hydrogens (tertiary/aromatic N) is 1. The third-order valence-corrected chi connectivity index (χ3v) is 2.08. The van der Waals surface area contributed by atoms with Gasteiger partial charge in [-0.3, -0.25) is 20.0 Å². The van der Waals surface area contributed by atoms with Crippen LogP contribution in [0.1, 0.15) is 24.2 Å². The zero-order valence-corrected chi connectivity index (χ0v) is 10.3. The predicted molar refractivity (Wildman–Crippen MR) is 66.3 cm³/mol. The zero-order valence-electron chi connectivity index (χ0n) is 10.3. The number of aromatic nitrogens is 1. The number of nitrogens with one attached hydrogen (secondary N) is 1. The highest BCUT2D eigenvalue weighted by Crippen LogP contribution is 1.96. The number of hydrazine groups is 1. The Bertz CT molecular complexity index is 381. The average molecular weight is 254 g/mol. The molecule has 0 spiro atoms. The van der Waals surface area contributed by atoms with Crippen LogP contribution in [0.2, 0.25) is 0 Å². The summed E-state index contributed by atoms with van der Waals surface area (Å²) in [5, 5.41) is 8.23. The standard InChI is InChI=1S/C6H7N3O.C5H11NO2/c7-9-6(10)5-1-3-8-4-2-5;1-3(2)4(6)5(7)8/h1-4H,7H2,(H,9,10);3-4H,6H2,1-2H3,(H,7,8)/t;4-/m.0/s1. The van der Waals surface area contributed by atoms with Crippen LogP contribution in [0.3, 0.4) is 0 Å². The number of amides is 1. The molecular weight excluding hydrogens is 236 g/mol. The molecule has 0 bridgehead atoms. The van der Waals surface area contributed by atoms with Crippen molar-refractivity contribution in [1.82, 2.24) is 10.4 Å². The normalized spacial score (nSPS) is 11.2. The summed E-state index contributed by atoms with van der Waals surface area (Å²) in [5.74, 6) is 3.67. The first-order valence-electron chi connectivity index (χ1n) is 5.29. The SMILES string of the molecule is CC(C)[C@H](N)C(=O)O.NNC(=O)c1ccncc1. The highest BCUT2D eigenvalue weighted by atomic mass is 16.4. The Morgan fingerprint density at radius 2 is 1.83 bits per heavy atom. The van der Waals surface area contributed by atoms with E-state index in [0.717, 1.165) is 0 Å². The third kappa shape index (κ3) is 5.92. The lowest BCUT2D eigenvalue weighted by Gasteiger charge is -2.07. The van der Waals surface area contributed by atoms with E-state index in [1.165, 1.54) is 12.4 Å². The Balaban J connectivity index is 0.000000331. The van der Waals surface area contributed by atoms with Crippen LogP contribution in [0.5, 0.6) is 0 Å². The fourth-order valence-corrected chi connectivity index (χ4v) is 0.872. The van der Waals surface area contributed by atoms with Gasteiger partial charge in [0.25, 0.3) is 5.91 Å². The molecule has 1 aromatic rings. The molecule has 18 heavy (non-hydrogen) atoms. The van der Waals surface area contributed by atoms with Gasteiger partial charge < -0.3 is 10.8 Å². The average Bonchev–Trinajstić information content (AvgIpc) is 2.38. The maximum atomic E-state index is 10.7. The first kappa shape index (κ1) is 16.0. The van der Waals surface area contributed by atoms with Gasteiger partial charge in [0.15, 0.2) is 0 Å². The number of nitrogens with two attached hydrogens (primary N) is 2. The summed E-state index contributed by atoms with van der Waals surface area (Å²) < 4.78 is 0. The number of carboxylic acid groups (broad SMARTS) is 1. The lowest BCUT2D eigenvalue weighted by atomic mass is 10.1. The van der Waals surface area contributed by atoms with E-state index >= 15 is 0 Å². The Hall–Kier alpha value is -1.99. The Morgan fingerprint density at radius 1 is 1.33 bits per heavy atom. The molecule has 1 heterocycles. The first-order valence-corrected chi connectivity index (χ1v) is 5.29. The van der Waals surface area contributed by atoms with Gasteiger partial charge in [0.1, 0.15) is 6.04 Å². The van der Waals surface area contributed by atoms with Crippen molar-refractivity contribution in [3.05, 3.63) is 30.1 Å². The van der Waals surface area contributed by atoms with E-state index in [-0.39, 0.29) is 11.8 Å². The largest absolute Gasteiger partial charge is 0.480 e. The van der Waals surface area contributed by atoms with Crippen molar-refractivity contribution in [2.45, 2.75) is 19.9 Å². The summed E-state index contributed by atoms with van der Waals surface area (Å²) >= 11 is 0. The topological polar surface area (TPSA) is 131 Å². The number of rotatable bonds is 3. The molecule has 1 aromatic heterocycles. The summed E-state index contributed by atoms with van der Waals surface area (Å²) in [6.07, 6.45) is 3.06. The molecule has 0 aliphatic heterocycles. The van der Waals surface area contributed by atoms with Crippen LogP contribution >= 0.6 is 0 Å². The monoisotopic (exact) mass is 254 g/mol. The second-order valence-corrected chi connectivity index (χ2v) is 3.82. The third-order valence-electron chi connectivity index (χ3n) is 2.08. The van der Waals surface area contributed by atoms with Gasteiger partial charge in [-0.05, 0) is 18.1 Å². The molecule has 0 fully saturated rings. The summed E-state index contributed by atoms with van der Waals surface area (Å²) in [6.45, 7) is 3.55. The van der Waals surface area contributed by atoms with E-state index in [4.69, 9.17) is 16.7 Å². The summed E-state index contributed by atoms with van der Waals surface area (Å²) in [4.78, 5) is 24.5. The molecule has 0 aliphatic rings. The number of carboxylic acids is 1. The molecule has 0 saturated carbocycles. The lowest BCUT2D eigenvalue weighted by Crippen LogP contribution is -2.34. The van der Waals surface area contributed by atoms with E-state index in [9.17, 15) is 9.59 Å². The fraction of sp³-hybridized carbons (Fsp3) is 0.364. The van der Waals surface area contributed by atoms with Crippen LogP contribution in [0.4, 0.5) is 0 Å². The van der Waals surface area contributed by atoms with Gasteiger partial charge in [-0.25, -0.2) is 5.84 Å². The van der Waals surface area contributed by atoms with Crippen molar-refractivity contribution in [3.63, 3.8) is 0 Å². The summed E-state index contributed by atoms with van der Waals surface area (Å²) in [7, 11) is 0. The van der Waals surface area contributed by atoms with Crippen LogP contribution in [-0.4, -0.2) is 28.0 Å². The number of hydrogen-bond acceptors (Lipinski definition) is 5. The van der Waals surface area contributed by atoms with Crippen molar-refractivity contribution in [1.29, 1.82) is 0 Å². The summed E-state index contributed by atoms with van der Waals surface area (Å²) in [5.41, 5.74) is 7.69. The van der Waals surface area contributed by atoms with E-state index in [1.807, 2.05) is 5.43 Å². The van der Waals surface area contributed by atoms with Crippen LogP contribution in [0, 0.1) is 5.92 Å². The van der Waals surface area contributed by atoms with Crippen molar-refractivity contribution < 1.29 is 14.7 Å². The highest BCUT2D eigenvalue weighted by molar-refractivity contribution is 5.93. The van der Waals surface area contributed by atoms with Crippen molar-refractivity contribution in [3.8, 4) is 0 Å². The molecule has 7 heteroatoms. The smallest absolute Gasteiger partial charge is 0.320 e. The van der Waals surface area contributed by atoms with Gasteiger partial charge in [0.05, 0.1) is 0 Å². The van der Waals surface area contributed by atoms with Gasteiger partial charge in [0.2, 0.25) is 0 Å². The quantitative estimate of drug-likeness (QED) is 0.334. The van der Waals surface area contributed by atoms with E-state index in [1.54, 1.807) is 26.0 Å². The Kier molecular flexibility index (Phi) is 7.25. The molecule has 6 N–H and O–H groups in total. The molecule has 0 aromatic carbocycles. The highest BCUT2D eigenvalue weighted by Gasteiger charge is 2.14. The van der Waals surface area contributed by atoms with Crippen LogP contribution in [-0.2, 0) is 4.79 Å². The molecule has 1 atom stereocenters. The van der Waals surface area contributed by atoms with Crippen molar-refractivity contribution in [2.75, 3.05) is 0 Å². The number of pyridine rings is 1. The number of aliphatic carboxylic acids is 1. The molecule has 100 valence electrons. The molecule has 1 rings (SSSR count). The predicted octanol–water partition coefficient (Wildman–Crippen LogP) is -0.261. The van der Waals surface area contributed by atoms with Crippen molar-refractivity contribution >= 4 is 11.9 Å². The Morgan fingerprint density at radius 3 is 2.11 bits per heavy atom. The minimum atomic E-state index is -0.931. The number of carbonyl (C=O) groups excluding carboxylic acids is 1. The van der Waals surface area contributed by atoms with Crippen LogP contribution in [0.25, 0.3) is 0 Å². The molecule has 7 nitrogen and oxygen atoms in total. The molecule has 0 radical (unpaired) electrons. The second kappa shape index (κ2) is 8.15. The lowest BCUT2D eigenvalue weighted by molar-refractivity contribution is -0.139. The van der Waals surface area contributed by atoms with Gasteiger partial charge in [-0.2, -0.15) is 0 Å². The number of hydrogen-bond donors (Lipinski definition) is 4. The maximum absolute atomic E-state index is 10.7.